The van der Waals surface area contributed by atoms with Gasteiger partial charge in [-0.3, -0.25) is 4.68 Å². The van der Waals surface area contributed by atoms with E-state index >= 15 is 0 Å². The summed E-state index contributed by atoms with van der Waals surface area (Å²) in [6, 6.07) is 5.57. The molecule has 1 atom stereocenters. The number of nitrogens with two attached hydrogens (primary N) is 1. The third-order valence-corrected chi connectivity index (χ3v) is 3.14. The first kappa shape index (κ1) is 12.9. The van der Waals surface area contributed by atoms with Crippen LogP contribution < -0.4 is 10.5 Å². The molecule has 0 amide bonds. The van der Waals surface area contributed by atoms with Crippen molar-refractivity contribution in [2.45, 2.75) is 13.0 Å². The third kappa shape index (κ3) is 2.83. The van der Waals surface area contributed by atoms with Crippen molar-refractivity contribution in [1.29, 1.82) is 0 Å². The maximum atomic E-state index is 5.98. The number of rotatable bonds is 4. The zero-order valence-electron chi connectivity index (χ0n) is 10.4. The number of ether oxygens (including phenoxy) is 1. The van der Waals surface area contributed by atoms with Crippen molar-refractivity contribution in [3.05, 3.63) is 46.7 Å². The Bertz CT molecular complexity index is 539. The lowest BCUT2D eigenvalue weighted by atomic mass is 10.2. The van der Waals surface area contributed by atoms with Crippen molar-refractivity contribution in [2.75, 3.05) is 6.54 Å². The molecule has 18 heavy (non-hydrogen) atoms. The molecule has 96 valence electrons. The number of hydrogen-bond donors (Lipinski definition) is 1. The third-order valence-electron chi connectivity index (χ3n) is 2.72. The molecule has 1 heterocycles. The van der Waals surface area contributed by atoms with Crippen LogP contribution in [0.4, 0.5) is 0 Å². The monoisotopic (exact) mass is 265 g/mol. The Morgan fingerprint density at radius 1 is 1.50 bits per heavy atom. The minimum Gasteiger partial charge on any atom is -0.484 e. The second-order valence-electron chi connectivity index (χ2n) is 4.20. The Kier molecular flexibility index (Phi) is 3.89. The van der Waals surface area contributed by atoms with Gasteiger partial charge < -0.3 is 10.5 Å². The molecule has 0 saturated carbocycles. The van der Waals surface area contributed by atoms with Gasteiger partial charge in [-0.1, -0.05) is 11.6 Å². The molecule has 2 N–H and O–H groups in total. The number of aryl methyl sites for hydroxylation is 2. The number of hydrogen-bond acceptors (Lipinski definition) is 3. The molecule has 1 unspecified atom stereocenters. The first-order valence-corrected chi connectivity index (χ1v) is 6.09. The Balaban J connectivity index is 2.17. The van der Waals surface area contributed by atoms with Crippen molar-refractivity contribution < 1.29 is 4.74 Å². The van der Waals surface area contributed by atoms with E-state index in [0.717, 1.165) is 21.9 Å². The average Bonchev–Trinajstić information content (AvgIpc) is 2.77. The maximum Gasteiger partial charge on any atom is 0.139 e. The van der Waals surface area contributed by atoms with Crippen LogP contribution in [-0.2, 0) is 7.05 Å². The minimum absolute atomic E-state index is 0.195. The highest BCUT2D eigenvalue weighted by molar-refractivity contribution is 6.31. The molecule has 0 spiro atoms. The van der Waals surface area contributed by atoms with Crippen LogP contribution >= 0.6 is 11.6 Å². The van der Waals surface area contributed by atoms with Crippen LogP contribution in [0.25, 0.3) is 0 Å². The van der Waals surface area contributed by atoms with Gasteiger partial charge in [0.1, 0.15) is 11.9 Å². The molecule has 4 nitrogen and oxygen atoms in total. The summed E-state index contributed by atoms with van der Waals surface area (Å²) in [6.45, 7) is 2.34. The van der Waals surface area contributed by atoms with E-state index in [-0.39, 0.29) is 6.10 Å². The molecule has 5 heteroatoms. The fourth-order valence-corrected chi connectivity index (χ4v) is 1.83. The summed E-state index contributed by atoms with van der Waals surface area (Å²) >= 11 is 5.98. The SMILES string of the molecule is Cc1cc(OC(CN)c2cnn(C)c2)ccc1Cl. The topological polar surface area (TPSA) is 53.1 Å². The lowest BCUT2D eigenvalue weighted by molar-refractivity contribution is 0.214. The van der Waals surface area contributed by atoms with E-state index in [0.29, 0.717) is 6.54 Å². The van der Waals surface area contributed by atoms with E-state index in [2.05, 4.69) is 5.10 Å². The molecule has 1 aromatic carbocycles. The molecule has 1 aromatic heterocycles. The number of aromatic nitrogens is 2. The van der Waals surface area contributed by atoms with Crippen molar-refractivity contribution >= 4 is 11.6 Å². The first-order valence-electron chi connectivity index (χ1n) is 5.71. The smallest absolute Gasteiger partial charge is 0.139 e. The van der Waals surface area contributed by atoms with Crippen LogP contribution in [0.5, 0.6) is 5.75 Å². The molecule has 2 rings (SSSR count). The number of benzene rings is 1. The minimum atomic E-state index is -0.195. The van der Waals surface area contributed by atoms with Crippen LogP contribution in [0.15, 0.2) is 30.6 Å². The van der Waals surface area contributed by atoms with Crippen molar-refractivity contribution in [3.63, 3.8) is 0 Å². The average molecular weight is 266 g/mol. The van der Waals surface area contributed by atoms with Gasteiger partial charge in [0.25, 0.3) is 0 Å². The predicted octanol–water partition coefficient (Wildman–Crippen LogP) is 2.46. The summed E-state index contributed by atoms with van der Waals surface area (Å²) in [5, 5.41) is 4.85. The zero-order chi connectivity index (χ0) is 13.1. The molecule has 0 bridgehead atoms. The fourth-order valence-electron chi connectivity index (χ4n) is 1.71. The van der Waals surface area contributed by atoms with E-state index in [4.69, 9.17) is 22.1 Å². The highest BCUT2D eigenvalue weighted by Gasteiger charge is 2.13. The maximum absolute atomic E-state index is 5.98. The Hall–Kier alpha value is -1.52. The van der Waals surface area contributed by atoms with Gasteiger partial charge in [-0.15, -0.1) is 0 Å². The van der Waals surface area contributed by atoms with Gasteiger partial charge in [0.15, 0.2) is 0 Å². The largest absolute Gasteiger partial charge is 0.484 e. The van der Waals surface area contributed by atoms with Gasteiger partial charge in [-0.25, -0.2) is 0 Å². The quantitative estimate of drug-likeness (QED) is 0.924. The van der Waals surface area contributed by atoms with Gasteiger partial charge in [-0.2, -0.15) is 5.10 Å². The Morgan fingerprint density at radius 3 is 2.83 bits per heavy atom. The summed E-state index contributed by atoms with van der Waals surface area (Å²) in [4.78, 5) is 0. The molecule has 2 aromatic rings. The van der Waals surface area contributed by atoms with Crippen LogP contribution in [-0.4, -0.2) is 16.3 Å². The van der Waals surface area contributed by atoms with Gasteiger partial charge in [-0.05, 0) is 30.7 Å². The van der Waals surface area contributed by atoms with E-state index in [1.54, 1.807) is 10.9 Å². The van der Waals surface area contributed by atoms with Crippen LogP contribution in [0, 0.1) is 6.92 Å². The van der Waals surface area contributed by atoms with Gasteiger partial charge in [0, 0.05) is 30.4 Å². The summed E-state index contributed by atoms with van der Waals surface area (Å²) in [7, 11) is 1.86. The van der Waals surface area contributed by atoms with Gasteiger partial charge in [0.2, 0.25) is 0 Å². The van der Waals surface area contributed by atoms with E-state index in [9.17, 15) is 0 Å². The standard InChI is InChI=1S/C13H16ClN3O/c1-9-5-11(3-4-12(9)14)18-13(6-15)10-7-16-17(2)8-10/h3-5,7-8,13H,6,15H2,1-2H3. The van der Waals surface area contributed by atoms with Crippen LogP contribution in [0.3, 0.4) is 0 Å². The lowest BCUT2D eigenvalue weighted by Crippen LogP contribution is -2.18. The van der Waals surface area contributed by atoms with E-state index in [1.165, 1.54) is 0 Å². The molecule has 0 saturated heterocycles. The summed E-state index contributed by atoms with van der Waals surface area (Å²) in [5.74, 6) is 0.760. The van der Waals surface area contributed by atoms with E-state index in [1.807, 2.05) is 38.4 Å². The lowest BCUT2D eigenvalue weighted by Gasteiger charge is -2.16. The zero-order valence-corrected chi connectivity index (χ0v) is 11.2. The molecule has 0 aliphatic rings. The highest BCUT2D eigenvalue weighted by atomic mass is 35.5. The molecule has 0 aliphatic carbocycles. The summed E-state index contributed by atoms with van der Waals surface area (Å²) in [5.41, 5.74) is 7.69. The summed E-state index contributed by atoms with van der Waals surface area (Å²) < 4.78 is 7.59. The van der Waals surface area contributed by atoms with E-state index < -0.39 is 0 Å². The molecule has 0 fully saturated rings. The predicted molar refractivity (Wildman–Crippen MR) is 71.8 cm³/mol. The second kappa shape index (κ2) is 5.42. The molecular weight excluding hydrogens is 250 g/mol. The Labute approximate surface area is 111 Å². The first-order chi connectivity index (χ1) is 8.60. The fraction of sp³-hybridized carbons (Fsp3) is 0.308. The van der Waals surface area contributed by atoms with Gasteiger partial charge >= 0.3 is 0 Å². The molecular formula is C13H16ClN3O. The Morgan fingerprint density at radius 2 is 2.28 bits per heavy atom. The summed E-state index contributed by atoms with van der Waals surface area (Å²) in [6.07, 6.45) is 3.47. The molecule has 0 radical (unpaired) electrons. The van der Waals surface area contributed by atoms with Crippen LogP contribution in [0.2, 0.25) is 5.02 Å². The highest BCUT2D eigenvalue weighted by Crippen LogP contribution is 2.25. The molecule has 0 aliphatic heterocycles. The van der Waals surface area contributed by atoms with Gasteiger partial charge in [0.05, 0.1) is 6.20 Å². The second-order valence-corrected chi connectivity index (χ2v) is 4.61. The number of halogens is 1. The normalized spacial score (nSPS) is 12.4. The van der Waals surface area contributed by atoms with Crippen LogP contribution in [0.1, 0.15) is 17.2 Å². The van der Waals surface area contributed by atoms with Crippen molar-refractivity contribution in [2.24, 2.45) is 12.8 Å². The van der Waals surface area contributed by atoms with Crippen molar-refractivity contribution in [1.82, 2.24) is 9.78 Å². The number of nitrogens with zero attached hydrogens (tertiary/aromatic N) is 2. The van der Waals surface area contributed by atoms with Crippen molar-refractivity contribution in [3.8, 4) is 5.75 Å².